The van der Waals surface area contributed by atoms with E-state index in [0.29, 0.717) is 6.04 Å². The molecule has 14 heavy (non-hydrogen) atoms. The van der Waals surface area contributed by atoms with Gasteiger partial charge in [0.15, 0.2) is 0 Å². The molecule has 2 atom stereocenters. The molecule has 1 heteroatoms. The summed E-state index contributed by atoms with van der Waals surface area (Å²) in [6.45, 7) is 5.72. The molecule has 1 aromatic rings. The van der Waals surface area contributed by atoms with Crippen molar-refractivity contribution in [2.45, 2.75) is 32.7 Å². The van der Waals surface area contributed by atoms with E-state index < -0.39 is 0 Å². The number of benzene rings is 1. The summed E-state index contributed by atoms with van der Waals surface area (Å²) in [6, 6.07) is 9.41. The summed E-state index contributed by atoms with van der Waals surface area (Å²) in [5.41, 5.74) is 3.01. The maximum atomic E-state index is 3.60. The Hall–Kier alpha value is -0.820. The summed E-state index contributed by atoms with van der Waals surface area (Å²) in [4.78, 5) is 0. The molecule has 0 spiro atoms. The minimum absolute atomic E-state index is 0.598. The molecule has 0 bridgehead atoms. The number of hydrogen-bond acceptors (Lipinski definition) is 1. The average Bonchev–Trinajstić information content (AvgIpc) is 2.65. The predicted molar refractivity (Wildman–Crippen MR) is 60.3 cm³/mol. The first kappa shape index (κ1) is 9.72. The molecular weight excluding hydrogens is 170 g/mol. The average molecular weight is 189 g/mol. The smallest absolute Gasteiger partial charge is 0.0326 e. The minimum Gasteiger partial charge on any atom is -0.310 e. The molecule has 1 saturated heterocycles. The second kappa shape index (κ2) is 4.14. The number of nitrogens with one attached hydrogen (secondary N) is 1. The van der Waals surface area contributed by atoms with Crippen molar-refractivity contribution in [3.63, 3.8) is 0 Å². The third-order valence-corrected chi connectivity index (χ3v) is 3.16. The van der Waals surface area contributed by atoms with Gasteiger partial charge in [-0.3, -0.25) is 0 Å². The monoisotopic (exact) mass is 189 g/mol. The van der Waals surface area contributed by atoms with Crippen LogP contribution in [0, 0.1) is 5.92 Å². The molecule has 0 aliphatic carbocycles. The lowest BCUT2D eigenvalue weighted by Crippen LogP contribution is -2.14. The molecular formula is C13H19N. The van der Waals surface area contributed by atoms with E-state index in [1.54, 1.807) is 0 Å². The van der Waals surface area contributed by atoms with E-state index in [4.69, 9.17) is 0 Å². The Bertz CT molecular complexity index is 306. The molecule has 2 unspecified atom stereocenters. The van der Waals surface area contributed by atoms with E-state index in [1.807, 2.05) is 0 Å². The molecule has 1 aromatic carbocycles. The van der Waals surface area contributed by atoms with Crippen LogP contribution < -0.4 is 5.32 Å². The van der Waals surface area contributed by atoms with E-state index in [-0.39, 0.29) is 0 Å². The minimum atomic E-state index is 0.598. The van der Waals surface area contributed by atoms with Gasteiger partial charge in [0.25, 0.3) is 0 Å². The van der Waals surface area contributed by atoms with Crippen molar-refractivity contribution in [3.8, 4) is 0 Å². The molecule has 1 N–H and O–H groups in total. The molecule has 0 saturated carbocycles. The van der Waals surface area contributed by atoms with Gasteiger partial charge in [-0.2, -0.15) is 0 Å². The Labute approximate surface area is 86.5 Å². The Balaban J connectivity index is 2.22. The van der Waals surface area contributed by atoms with Gasteiger partial charge in [0, 0.05) is 6.04 Å². The maximum Gasteiger partial charge on any atom is 0.0326 e. The number of hydrogen-bond donors (Lipinski definition) is 1. The number of aryl methyl sites for hydroxylation is 1. The van der Waals surface area contributed by atoms with Gasteiger partial charge in [-0.15, -0.1) is 0 Å². The molecule has 1 nitrogen and oxygen atoms in total. The van der Waals surface area contributed by atoms with Gasteiger partial charge in [0.05, 0.1) is 0 Å². The largest absolute Gasteiger partial charge is 0.310 e. The van der Waals surface area contributed by atoms with Crippen LogP contribution >= 0.6 is 0 Å². The molecule has 1 heterocycles. The summed E-state index contributed by atoms with van der Waals surface area (Å²) in [5.74, 6) is 0.824. The highest BCUT2D eigenvalue weighted by atomic mass is 14.9. The topological polar surface area (TPSA) is 12.0 Å². The normalized spacial score (nSPS) is 26.7. The molecule has 76 valence electrons. The Kier molecular flexibility index (Phi) is 2.87. The van der Waals surface area contributed by atoms with E-state index >= 15 is 0 Å². The maximum absolute atomic E-state index is 3.60. The molecule has 2 rings (SSSR count). The van der Waals surface area contributed by atoms with Gasteiger partial charge in [-0.05, 0) is 36.4 Å². The van der Waals surface area contributed by atoms with Crippen LogP contribution in [0.15, 0.2) is 24.3 Å². The fourth-order valence-electron chi connectivity index (χ4n) is 2.35. The fraction of sp³-hybridized carbons (Fsp3) is 0.538. The van der Waals surface area contributed by atoms with Crippen LogP contribution in [0.3, 0.4) is 0 Å². The van der Waals surface area contributed by atoms with Crippen molar-refractivity contribution < 1.29 is 0 Å². The van der Waals surface area contributed by atoms with Crippen LogP contribution in [0.5, 0.6) is 0 Å². The van der Waals surface area contributed by atoms with Gasteiger partial charge in [-0.1, -0.05) is 38.1 Å². The second-order valence-corrected chi connectivity index (χ2v) is 4.35. The van der Waals surface area contributed by atoms with Crippen molar-refractivity contribution in [1.82, 2.24) is 5.32 Å². The molecule has 0 aromatic heterocycles. The Morgan fingerprint density at radius 2 is 2.14 bits per heavy atom. The van der Waals surface area contributed by atoms with Crippen molar-refractivity contribution in [2.75, 3.05) is 6.54 Å². The van der Waals surface area contributed by atoms with Crippen molar-refractivity contribution in [2.24, 2.45) is 5.92 Å². The van der Waals surface area contributed by atoms with Crippen LogP contribution in [-0.4, -0.2) is 6.54 Å². The molecule has 1 fully saturated rings. The van der Waals surface area contributed by atoms with Gasteiger partial charge in [0.2, 0.25) is 0 Å². The molecule has 0 radical (unpaired) electrons. The number of rotatable bonds is 2. The van der Waals surface area contributed by atoms with Crippen LogP contribution in [0.2, 0.25) is 0 Å². The van der Waals surface area contributed by atoms with Crippen LogP contribution in [0.1, 0.15) is 37.4 Å². The third-order valence-electron chi connectivity index (χ3n) is 3.16. The van der Waals surface area contributed by atoms with Crippen LogP contribution in [0.25, 0.3) is 0 Å². The van der Waals surface area contributed by atoms with E-state index in [2.05, 4.69) is 43.4 Å². The summed E-state index contributed by atoms with van der Waals surface area (Å²) in [6.07, 6.45) is 2.43. The van der Waals surface area contributed by atoms with Crippen molar-refractivity contribution in [1.29, 1.82) is 0 Å². The van der Waals surface area contributed by atoms with Crippen LogP contribution in [-0.2, 0) is 6.42 Å². The summed E-state index contributed by atoms with van der Waals surface area (Å²) < 4.78 is 0. The third kappa shape index (κ3) is 1.83. The van der Waals surface area contributed by atoms with Gasteiger partial charge in [0.1, 0.15) is 0 Å². The first-order valence-electron chi connectivity index (χ1n) is 5.62. The van der Waals surface area contributed by atoms with Crippen molar-refractivity contribution in [3.05, 3.63) is 35.4 Å². The quantitative estimate of drug-likeness (QED) is 0.754. The van der Waals surface area contributed by atoms with Gasteiger partial charge in [-0.25, -0.2) is 0 Å². The summed E-state index contributed by atoms with van der Waals surface area (Å²) >= 11 is 0. The van der Waals surface area contributed by atoms with Gasteiger partial charge >= 0.3 is 0 Å². The lowest BCUT2D eigenvalue weighted by Gasteiger charge is -2.14. The first-order chi connectivity index (χ1) is 6.81. The Morgan fingerprint density at radius 3 is 2.79 bits per heavy atom. The van der Waals surface area contributed by atoms with E-state index in [0.717, 1.165) is 12.3 Å². The summed E-state index contributed by atoms with van der Waals surface area (Å²) in [7, 11) is 0. The molecule has 1 aliphatic heterocycles. The van der Waals surface area contributed by atoms with E-state index in [9.17, 15) is 0 Å². The lowest BCUT2D eigenvalue weighted by atomic mass is 9.95. The highest BCUT2D eigenvalue weighted by Gasteiger charge is 2.22. The zero-order valence-electron chi connectivity index (χ0n) is 9.09. The zero-order chi connectivity index (χ0) is 9.97. The highest BCUT2D eigenvalue weighted by Crippen LogP contribution is 2.29. The molecule has 0 amide bonds. The molecule has 1 aliphatic rings. The first-order valence-corrected chi connectivity index (χ1v) is 5.62. The summed E-state index contributed by atoms with van der Waals surface area (Å²) in [5, 5.41) is 3.60. The fourth-order valence-corrected chi connectivity index (χ4v) is 2.35. The SMILES string of the molecule is CCc1ccccc1C1CC(C)CN1. The van der Waals surface area contributed by atoms with Gasteiger partial charge < -0.3 is 5.32 Å². The van der Waals surface area contributed by atoms with E-state index in [1.165, 1.54) is 24.1 Å². The predicted octanol–water partition coefficient (Wildman–Crippen LogP) is 2.92. The second-order valence-electron chi connectivity index (χ2n) is 4.35. The highest BCUT2D eigenvalue weighted by molar-refractivity contribution is 5.30. The standard InChI is InChI=1S/C13H19N/c1-3-11-6-4-5-7-12(11)13-8-10(2)9-14-13/h4-7,10,13-14H,3,8-9H2,1-2H3. The lowest BCUT2D eigenvalue weighted by molar-refractivity contribution is 0.608. The van der Waals surface area contributed by atoms with Crippen LogP contribution in [0.4, 0.5) is 0 Å². The van der Waals surface area contributed by atoms with Crippen molar-refractivity contribution >= 4 is 0 Å². The zero-order valence-corrected chi connectivity index (χ0v) is 9.09. The Morgan fingerprint density at radius 1 is 1.36 bits per heavy atom.